The molecule has 2 N–H and O–H groups in total. The summed E-state index contributed by atoms with van der Waals surface area (Å²) in [5.41, 5.74) is 1.94. The van der Waals surface area contributed by atoms with Gasteiger partial charge in [0, 0.05) is 30.6 Å². The van der Waals surface area contributed by atoms with E-state index in [9.17, 15) is 9.59 Å². The maximum absolute atomic E-state index is 12.7. The van der Waals surface area contributed by atoms with Crippen LogP contribution >= 0.6 is 23.2 Å². The number of halogens is 2. The van der Waals surface area contributed by atoms with Crippen molar-refractivity contribution in [3.8, 4) is 0 Å². The van der Waals surface area contributed by atoms with Crippen LogP contribution in [0.1, 0.15) is 30.0 Å². The molecule has 2 bridgehead atoms. The fraction of sp³-hybridized carbons (Fsp3) is 0.312. The Hall–Kier alpha value is -2.05. The van der Waals surface area contributed by atoms with Gasteiger partial charge in [0.2, 0.25) is 5.56 Å². The van der Waals surface area contributed by atoms with Gasteiger partial charge in [-0.3, -0.25) is 10.1 Å². The third-order valence-corrected chi connectivity index (χ3v) is 5.35. The molecule has 24 heavy (non-hydrogen) atoms. The monoisotopic (exact) mass is 364 g/mol. The second-order valence-corrected chi connectivity index (χ2v) is 6.86. The van der Waals surface area contributed by atoms with Crippen molar-refractivity contribution < 1.29 is 4.79 Å². The standard InChI is InChI=1S/C16H14Cl2N4O2/c17-11-5-14(19-7-12(11)18)21-16(24)22-9-1-2-13(22)10-6-20-15(23)4-8(10)3-9/h4-7,9,13H,1-3H2,(H,20,23)(H,19,21,24)/t9-,13+/m0/s1. The minimum atomic E-state index is -0.217. The van der Waals surface area contributed by atoms with E-state index < -0.39 is 0 Å². The van der Waals surface area contributed by atoms with Crippen LogP contribution in [0, 0.1) is 0 Å². The van der Waals surface area contributed by atoms with Gasteiger partial charge in [-0.05, 0) is 30.4 Å². The zero-order valence-corrected chi connectivity index (χ0v) is 14.1. The molecule has 0 aromatic carbocycles. The van der Waals surface area contributed by atoms with Crippen LogP contribution in [0.4, 0.5) is 10.6 Å². The molecule has 2 aliphatic heterocycles. The molecule has 0 unspecified atom stereocenters. The van der Waals surface area contributed by atoms with E-state index in [4.69, 9.17) is 23.2 Å². The van der Waals surface area contributed by atoms with Gasteiger partial charge < -0.3 is 9.88 Å². The van der Waals surface area contributed by atoms with Gasteiger partial charge in [0.25, 0.3) is 0 Å². The number of carbonyl (C=O) groups is 1. The Morgan fingerprint density at radius 3 is 2.92 bits per heavy atom. The summed E-state index contributed by atoms with van der Waals surface area (Å²) in [6.07, 6.45) is 5.62. The Kier molecular flexibility index (Phi) is 3.73. The molecule has 4 heterocycles. The van der Waals surface area contributed by atoms with E-state index in [2.05, 4.69) is 15.3 Å². The summed E-state index contributed by atoms with van der Waals surface area (Å²) < 4.78 is 0. The molecule has 2 atom stereocenters. The summed E-state index contributed by atoms with van der Waals surface area (Å²) in [4.78, 5) is 32.9. The van der Waals surface area contributed by atoms with Crippen LogP contribution in [-0.2, 0) is 6.42 Å². The number of anilines is 1. The number of H-pyrrole nitrogens is 1. The third kappa shape index (κ3) is 2.56. The van der Waals surface area contributed by atoms with Gasteiger partial charge in [-0.25, -0.2) is 9.78 Å². The first-order chi connectivity index (χ1) is 11.5. The average molecular weight is 365 g/mol. The van der Waals surface area contributed by atoms with Gasteiger partial charge >= 0.3 is 6.03 Å². The predicted molar refractivity (Wildman–Crippen MR) is 91.6 cm³/mol. The van der Waals surface area contributed by atoms with Gasteiger partial charge in [0.05, 0.1) is 16.1 Å². The van der Waals surface area contributed by atoms with Gasteiger partial charge in [0.1, 0.15) is 5.82 Å². The number of fused-ring (bicyclic) bond motifs is 4. The summed E-state index contributed by atoms with van der Waals surface area (Å²) >= 11 is 11.8. The van der Waals surface area contributed by atoms with Crippen molar-refractivity contribution in [2.45, 2.75) is 31.3 Å². The molecule has 0 spiro atoms. The largest absolute Gasteiger partial charge is 0.329 e. The number of amides is 2. The Morgan fingerprint density at radius 2 is 2.12 bits per heavy atom. The predicted octanol–water partition coefficient (Wildman–Crippen LogP) is 3.37. The van der Waals surface area contributed by atoms with E-state index >= 15 is 0 Å². The first-order valence-electron chi connectivity index (χ1n) is 7.65. The fourth-order valence-corrected chi connectivity index (χ4v) is 3.87. The van der Waals surface area contributed by atoms with Crippen molar-refractivity contribution in [3.05, 3.63) is 56.1 Å². The number of hydrogen-bond donors (Lipinski definition) is 2. The Balaban J connectivity index is 1.60. The fourth-order valence-electron chi connectivity index (χ4n) is 3.62. The third-order valence-electron chi connectivity index (χ3n) is 4.64. The van der Waals surface area contributed by atoms with Crippen LogP contribution in [-0.4, -0.2) is 26.9 Å². The molecule has 6 nitrogen and oxygen atoms in total. The second kappa shape index (κ2) is 5.79. The lowest BCUT2D eigenvalue weighted by molar-refractivity contribution is 0.179. The van der Waals surface area contributed by atoms with E-state index in [-0.39, 0.29) is 23.7 Å². The average Bonchev–Trinajstić information content (AvgIpc) is 2.86. The van der Waals surface area contributed by atoms with E-state index in [1.165, 1.54) is 12.3 Å². The summed E-state index contributed by atoms with van der Waals surface area (Å²) in [7, 11) is 0. The topological polar surface area (TPSA) is 78.1 Å². The molecule has 2 aliphatic rings. The molecule has 1 saturated heterocycles. The van der Waals surface area contributed by atoms with Crippen LogP contribution in [0.3, 0.4) is 0 Å². The minimum absolute atomic E-state index is 0.0293. The lowest BCUT2D eigenvalue weighted by Gasteiger charge is -2.35. The summed E-state index contributed by atoms with van der Waals surface area (Å²) in [6, 6.07) is 3.01. The van der Waals surface area contributed by atoms with Crippen molar-refractivity contribution in [1.82, 2.24) is 14.9 Å². The molecule has 124 valence electrons. The maximum atomic E-state index is 12.7. The van der Waals surface area contributed by atoms with Gasteiger partial charge in [-0.2, -0.15) is 0 Å². The van der Waals surface area contributed by atoms with E-state index in [0.29, 0.717) is 22.3 Å². The van der Waals surface area contributed by atoms with Crippen molar-refractivity contribution >= 4 is 35.1 Å². The first kappa shape index (κ1) is 15.5. The zero-order valence-electron chi connectivity index (χ0n) is 12.6. The summed E-state index contributed by atoms with van der Waals surface area (Å²) in [5, 5.41) is 3.46. The maximum Gasteiger partial charge on any atom is 0.323 e. The lowest BCUT2D eigenvalue weighted by Crippen LogP contribution is -2.44. The van der Waals surface area contributed by atoms with Crippen LogP contribution in [0.25, 0.3) is 0 Å². The first-order valence-corrected chi connectivity index (χ1v) is 8.40. The molecular formula is C16H14Cl2N4O2. The Bertz CT molecular complexity index is 883. The molecule has 2 aromatic rings. The van der Waals surface area contributed by atoms with Gasteiger partial charge in [0.15, 0.2) is 0 Å². The number of nitrogens with one attached hydrogen (secondary N) is 2. The van der Waals surface area contributed by atoms with Crippen LogP contribution in [0.2, 0.25) is 10.0 Å². The van der Waals surface area contributed by atoms with Crippen molar-refractivity contribution in [2.75, 3.05) is 5.32 Å². The molecule has 2 amide bonds. The Morgan fingerprint density at radius 1 is 1.29 bits per heavy atom. The van der Waals surface area contributed by atoms with Crippen molar-refractivity contribution in [2.24, 2.45) is 0 Å². The highest BCUT2D eigenvalue weighted by molar-refractivity contribution is 6.42. The Labute approximate surface area is 147 Å². The number of aromatic amines is 1. The quantitative estimate of drug-likeness (QED) is 0.813. The second-order valence-electron chi connectivity index (χ2n) is 6.05. The highest BCUT2D eigenvalue weighted by Crippen LogP contribution is 2.43. The number of urea groups is 1. The molecule has 2 aromatic heterocycles. The van der Waals surface area contributed by atoms with Gasteiger partial charge in [-0.1, -0.05) is 23.2 Å². The smallest absolute Gasteiger partial charge is 0.323 e. The van der Waals surface area contributed by atoms with E-state index in [1.54, 1.807) is 12.3 Å². The molecule has 0 aliphatic carbocycles. The number of nitrogens with zero attached hydrogens (tertiary/aromatic N) is 2. The van der Waals surface area contributed by atoms with Crippen LogP contribution in [0.15, 0.2) is 29.3 Å². The van der Waals surface area contributed by atoms with Crippen LogP contribution < -0.4 is 10.9 Å². The molecule has 0 radical (unpaired) electrons. The number of carbonyl (C=O) groups excluding carboxylic acids is 1. The molecular weight excluding hydrogens is 351 g/mol. The molecule has 0 saturated carbocycles. The van der Waals surface area contributed by atoms with E-state index in [0.717, 1.165) is 24.0 Å². The highest BCUT2D eigenvalue weighted by Gasteiger charge is 2.42. The van der Waals surface area contributed by atoms with Crippen molar-refractivity contribution in [1.29, 1.82) is 0 Å². The summed E-state index contributed by atoms with van der Waals surface area (Å²) in [6.45, 7) is 0. The van der Waals surface area contributed by atoms with Gasteiger partial charge in [-0.15, -0.1) is 0 Å². The lowest BCUT2D eigenvalue weighted by atomic mass is 9.95. The van der Waals surface area contributed by atoms with Crippen molar-refractivity contribution in [3.63, 3.8) is 0 Å². The SMILES string of the molecule is O=C(Nc1cc(Cl)c(Cl)cn1)N1[C@H]2CC[C@@H]1c1c[nH]c(=O)cc1C2. The molecule has 1 fully saturated rings. The minimum Gasteiger partial charge on any atom is -0.329 e. The number of pyridine rings is 2. The molecule has 4 rings (SSSR count). The number of rotatable bonds is 1. The molecule has 8 heteroatoms. The highest BCUT2D eigenvalue weighted by atomic mass is 35.5. The normalized spacial score (nSPS) is 21.5. The number of hydrogen-bond acceptors (Lipinski definition) is 3. The summed E-state index contributed by atoms with van der Waals surface area (Å²) in [5.74, 6) is 0.362. The zero-order chi connectivity index (χ0) is 16.8. The number of aromatic nitrogens is 2. The van der Waals surface area contributed by atoms with E-state index in [1.807, 2.05) is 4.90 Å². The van der Waals surface area contributed by atoms with Crippen LogP contribution in [0.5, 0.6) is 0 Å².